The predicted molar refractivity (Wildman–Crippen MR) is 73.2 cm³/mol. The normalized spacial score (nSPS) is 13.0. The lowest BCUT2D eigenvalue weighted by molar-refractivity contribution is 0.117. The maximum atomic E-state index is 5.19. The van der Waals surface area contributed by atoms with Crippen LogP contribution in [0.1, 0.15) is 31.9 Å². The summed E-state index contributed by atoms with van der Waals surface area (Å²) in [7, 11) is 1.74. The van der Waals surface area contributed by atoms with Crippen molar-refractivity contribution < 1.29 is 4.74 Å². The van der Waals surface area contributed by atoms with Gasteiger partial charge < -0.3 is 10.1 Å². The fraction of sp³-hybridized carbons (Fsp3) is 0.600. The minimum atomic E-state index is 0.273. The molecule has 0 radical (unpaired) electrons. The maximum Gasteiger partial charge on any atom is 0.0667 e. The smallest absolute Gasteiger partial charge is 0.0667 e. The number of methoxy groups -OCH3 is 1. The Bertz CT molecular complexity index is 305. The predicted octanol–water partition coefficient (Wildman–Crippen LogP) is 3.01. The molecule has 96 valence electrons. The third-order valence-electron chi connectivity index (χ3n) is 2.83. The number of rotatable bonds is 7. The van der Waals surface area contributed by atoms with Crippen LogP contribution in [0.4, 0.5) is 0 Å². The molecule has 0 aromatic heterocycles. The highest BCUT2D eigenvalue weighted by molar-refractivity contribution is 5.22. The van der Waals surface area contributed by atoms with Gasteiger partial charge in [0.1, 0.15) is 0 Å². The van der Waals surface area contributed by atoms with Gasteiger partial charge in [-0.05, 0) is 30.4 Å². The largest absolute Gasteiger partial charge is 0.380 e. The number of hydrogen-bond acceptors (Lipinski definition) is 2. The topological polar surface area (TPSA) is 21.3 Å². The molecule has 0 aliphatic heterocycles. The summed E-state index contributed by atoms with van der Waals surface area (Å²) in [5.74, 6) is 0.724. The number of hydrogen-bond donors (Lipinski definition) is 1. The first-order valence-electron chi connectivity index (χ1n) is 6.43. The quantitative estimate of drug-likeness (QED) is 0.784. The van der Waals surface area contributed by atoms with E-state index in [4.69, 9.17) is 4.74 Å². The average molecular weight is 235 g/mol. The van der Waals surface area contributed by atoms with Crippen LogP contribution < -0.4 is 5.32 Å². The molecule has 0 bridgehead atoms. The van der Waals surface area contributed by atoms with E-state index in [1.165, 1.54) is 11.1 Å². The lowest BCUT2D eigenvalue weighted by Crippen LogP contribution is -2.25. The van der Waals surface area contributed by atoms with E-state index < -0.39 is 0 Å². The Morgan fingerprint density at radius 3 is 2.18 bits per heavy atom. The van der Waals surface area contributed by atoms with Crippen LogP contribution in [-0.4, -0.2) is 19.8 Å². The fourth-order valence-corrected chi connectivity index (χ4v) is 1.77. The van der Waals surface area contributed by atoms with E-state index in [-0.39, 0.29) is 6.10 Å². The molecular weight excluding hydrogens is 210 g/mol. The molecule has 1 aromatic carbocycles. The van der Waals surface area contributed by atoms with E-state index in [0.29, 0.717) is 0 Å². The minimum absolute atomic E-state index is 0.273. The van der Waals surface area contributed by atoms with Crippen LogP contribution in [0.25, 0.3) is 0 Å². The summed E-state index contributed by atoms with van der Waals surface area (Å²) in [6.45, 7) is 8.38. The van der Waals surface area contributed by atoms with E-state index in [1.54, 1.807) is 7.11 Å². The molecule has 1 unspecified atom stereocenters. The van der Waals surface area contributed by atoms with Gasteiger partial charge in [0.25, 0.3) is 0 Å². The molecule has 0 aliphatic rings. The van der Waals surface area contributed by atoms with Crippen molar-refractivity contribution in [2.24, 2.45) is 5.92 Å². The van der Waals surface area contributed by atoms with E-state index in [0.717, 1.165) is 25.4 Å². The van der Waals surface area contributed by atoms with Gasteiger partial charge in [-0.25, -0.2) is 0 Å². The van der Waals surface area contributed by atoms with Crippen molar-refractivity contribution in [2.75, 3.05) is 13.7 Å². The van der Waals surface area contributed by atoms with Crippen molar-refractivity contribution in [2.45, 2.75) is 39.8 Å². The van der Waals surface area contributed by atoms with Crippen LogP contribution in [0, 0.1) is 5.92 Å². The zero-order valence-electron chi connectivity index (χ0n) is 11.5. The van der Waals surface area contributed by atoms with Gasteiger partial charge in [-0.1, -0.05) is 38.1 Å². The molecule has 2 nitrogen and oxygen atoms in total. The van der Waals surface area contributed by atoms with Crippen molar-refractivity contribution in [1.29, 1.82) is 0 Å². The highest BCUT2D eigenvalue weighted by atomic mass is 16.5. The summed E-state index contributed by atoms with van der Waals surface area (Å²) in [4.78, 5) is 0. The second kappa shape index (κ2) is 7.46. The number of ether oxygens (including phenoxy) is 1. The van der Waals surface area contributed by atoms with Gasteiger partial charge >= 0.3 is 0 Å². The van der Waals surface area contributed by atoms with Crippen LogP contribution in [0.5, 0.6) is 0 Å². The Kier molecular flexibility index (Phi) is 6.23. The standard InChI is InChI=1S/C15H25NO/c1-12(2)9-14-5-7-15(8-6-14)11-16-10-13(3)17-4/h5-8,12-13,16H,9-11H2,1-4H3. The SMILES string of the molecule is COC(C)CNCc1ccc(CC(C)C)cc1. The summed E-state index contributed by atoms with van der Waals surface area (Å²) in [6.07, 6.45) is 1.43. The second-order valence-electron chi connectivity index (χ2n) is 5.09. The van der Waals surface area contributed by atoms with Crippen molar-refractivity contribution in [3.8, 4) is 0 Å². The molecule has 1 atom stereocenters. The molecule has 2 heteroatoms. The molecule has 17 heavy (non-hydrogen) atoms. The van der Waals surface area contributed by atoms with Crippen LogP contribution in [-0.2, 0) is 17.7 Å². The van der Waals surface area contributed by atoms with Crippen molar-refractivity contribution >= 4 is 0 Å². The summed E-state index contributed by atoms with van der Waals surface area (Å²) >= 11 is 0. The molecule has 0 fully saturated rings. The molecule has 1 aromatic rings. The van der Waals surface area contributed by atoms with E-state index in [9.17, 15) is 0 Å². The third-order valence-corrected chi connectivity index (χ3v) is 2.83. The van der Waals surface area contributed by atoms with Crippen LogP contribution in [0.2, 0.25) is 0 Å². The van der Waals surface area contributed by atoms with Crippen molar-refractivity contribution in [1.82, 2.24) is 5.32 Å². The highest BCUT2D eigenvalue weighted by Gasteiger charge is 2.00. The van der Waals surface area contributed by atoms with Gasteiger partial charge in [0, 0.05) is 20.2 Å². The first-order valence-corrected chi connectivity index (χ1v) is 6.43. The molecule has 0 aliphatic carbocycles. The van der Waals surface area contributed by atoms with Gasteiger partial charge in [0.2, 0.25) is 0 Å². The van der Waals surface area contributed by atoms with Gasteiger partial charge in [-0.3, -0.25) is 0 Å². The Hall–Kier alpha value is -0.860. The van der Waals surface area contributed by atoms with E-state index >= 15 is 0 Å². The first kappa shape index (κ1) is 14.2. The maximum absolute atomic E-state index is 5.19. The zero-order chi connectivity index (χ0) is 12.7. The third kappa shape index (κ3) is 5.85. The number of benzene rings is 1. The lowest BCUT2D eigenvalue weighted by Gasteiger charge is -2.11. The average Bonchev–Trinajstić information content (AvgIpc) is 2.30. The van der Waals surface area contributed by atoms with Gasteiger partial charge in [0.05, 0.1) is 6.10 Å². The van der Waals surface area contributed by atoms with Crippen molar-refractivity contribution in [3.05, 3.63) is 35.4 Å². The highest BCUT2D eigenvalue weighted by Crippen LogP contribution is 2.09. The monoisotopic (exact) mass is 235 g/mol. The van der Waals surface area contributed by atoms with Crippen LogP contribution in [0.3, 0.4) is 0 Å². The van der Waals surface area contributed by atoms with Gasteiger partial charge in [0.15, 0.2) is 0 Å². The van der Waals surface area contributed by atoms with Crippen LogP contribution in [0.15, 0.2) is 24.3 Å². The number of nitrogens with one attached hydrogen (secondary N) is 1. The molecule has 0 saturated carbocycles. The van der Waals surface area contributed by atoms with E-state index in [1.807, 2.05) is 0 Å². The Balaban J connectivity index is 2.35. The molecular formula is C15H25NO. The Morgan fingerprint density at radius 1 is 1.06 bits per heavy atom. The first-order chi connectivity index (χ1) is 8.11. The summed E-state index contributed by atoms with van der Waals surface area (Å²) < 4.78 is 5.19. The molecule has 1 N–H and O–H groups in total. The molecule has 0 heterocycles. The van der Waals surface area contributed by atoms with E-state index in [2.05, 4.69) is 50.4 Å². The molecule has 0 amide bonds. The molecule has 1 rings (SSSR count). The zero-order valence-corrected chi connectivity index (χ0v) is 11.5. The Morgan fingerprint density at radius 2 is 1.65 bits per heavy atom. The van der Waals surface area contributed by atoms with Gasteiger partial charge in [-0.2, -0.15) is 0 Å². The summed E-state index contributed by atoms with van der Waals surface area (Å²) in [5.41, 5.74) is 2.76. The fourth-order valence-electron chi connectivity index (χ4n) is 1.77. The second-order valence-corrected chi connectivity index (χ2v) is 5.09. The lowest BCUT2D eigenvalue weighted by atomic mass is 10.0. The molecule has 0 saturated heterocycles. The summed E-state index contributed by atoms with van der Waals surface area (Å²) in [5, 5.41) is 3.39. The van der Waals surface area contributed by atoms with Gasteiger partial charge in [-0.15, -0.1) is 0 Å². The minimum Gasteiger partial charge on any atom is -0.380 e. The summed E-state index contributed by atoms with van der Waals surface area (Å²) in [6, 6.07) is 8.89. The van der Waals surface area contributed by atoms with Crippen LogP contribution >= 0.6 is 0 Å². The molecule has 0 spiro atoms. The van der Waals surface area contributed by atoms with Crippen molar-refractivity contribution in [3.63, 3.8) is 0 Å². The Labute approximate surface area is 105 Å².